The topological polar surface area (TPSA) is 81.6 Å². The van der Waals surface area contributed by atoms with Gasteiger partial charge in [0.1, 0.15) is 5.69 Å². The fourth-order valence-electron chi connectivity index (χ4n) is 3.92. The van der Waals surface area contributed by atoms with E-state index < -0.39 is 7.60 Å². The Kier molecular flexibility index (Phi) is 16.3. The van der Waals surface area contributed by atoms with Crippen molar-refractivity contribution >= 4 is 18.9 Å². The van der Waals surface area contributed by atoms with E-state index in [0.717, 1.165) is 25.7 Å². The maximum absolute atomic E-state index is 13.5. The number of hydrogen-bond donors (Lipinski definition) is 0. The molecule has 0 saturated heterocycles. The van der Waals surface area contributed by atoms with Gasteiger partial charge < -0.3 is 13.9 Å². The fourth-order valence-corrected chi connectivity index (χ4v) is 5.74. The third kappa shape index (κ3) is 13.0. The molecule has 7 nitrogen and oxygen atoms in total. The van der Waals surface area contributed by atoms with Crippen molar-refractivity contribution in [1.29, 1.82) is 0 Å². The molecule has 8 heteroatoms. The van der Waals surface area contributed by atoms with Gasteiger partial charge in [-0.1, -0.05) is 78.1 Å². The van der Waals surface area contributed by atoms with E-state index in [1.807, 2.05) is 4.90 Å². The lowest BCUT2D eigenvalue weighted by molar-refractivity contribution is 0.0743. The largest absolute Gasteiger partial charge is 0.381 e. The zero-order valence-electron chi connectivity index (χ0n) is 23.1. The first-order valence-corrected chi connectivity index (χ1v) is 15.4. The molecule has 1 heterocycles. The number of carbonyl (C=O) groups is 1. The average Bonchev–Trinajstić information content (AvgIpc) is 2.80. The maximum atomic E-state index is 13.5. The van der Waals surface area contributed by atoms with E-state index in [-0.39, 0.29) is 29.2 Å². The summed E-state index contributed by atoms with van der Waals surface area (Å²) in [5.74, 6) is -0.165. The highest BCUT2D eigenvalue weighted by atomic mass is 31.2. The van der Waals surface area contributed by atoms with E-state index in [0.29, 0.717) is 13.1 Å². The number of carbonyl (C=O) groups excluding carboxylic acids is 1. The predicted octanol–water partition coefficient (Wildman–Crippen LogP) is 7.31. The normalized spacial score (nSPS) is 12.0. The van der Waals surface area contributed by atoms with Crippen LogP contribution in [0.1, 0.15) is 129 Å². The van der Waals surface area contributed by atoms with Crippen molar-refractivity contribution in [1.82, 2.24) is 14.9 Å². The molecule has 0 aliphatic heterocycles. The van der Waals surface area contributed by atoms with Crippen LogP contribution in [0, 0.1) is 0 Å². The lowest BCUT2D eigenvalue weighted by Gasteiger charge is -2.24. The molecule has 0 spiro atoms. The van der Waals surface area contributed by atoms with Crippen LogP contribution in [0.3, 0.4) is 0 Å². The first-order chi connectivity index (χ1) is 16.7. The summed E-state index contributed by atoms with van der Waals surface area (Å²) in [6.07, 6.45) is 16.2. The van der Waals surface area contributed by atoms with Gasteiger partial charge in [-0.25, -0.2) is 4.98 Å². The second kappa shape index (κ2) is 18.0. The van der Waals surface area contributed by atoms with Gasteiger partial charge in [0.2, 0.25) is 0 Å². The highest BCUT2D eigenvalue weighted by Crippen LogP contribution is 2.48. The SMILES string of the molecule is CCCCCCCCN(CCCCCCCC)C(=O)c1cncc(P(=O)(OC(C)C)OC(C)C)n1. The van der Waals surface area contributed by atoms with E-state index in [4.69, 9.17) is 9.05 Å². The zero-order chi connectivity index (χ0) is 26.1. The summed E-state index contributed by atoms with van der Waals surface area (Å²) >= 11 is 0. The lowest BCUT2D eigenvalue weighted by Crippen LogP contribution is -2.35. The van der Waals surface area contributed by atoms with Crippen molar-refractivity contribution < 1.29 is 18.4 Å². The van der Waals surface area contributed by atoms with Crippen molar-refractivity contribution in [2.75, 3.05) is 13.1 Å². The van der Waals surface area contributed by atoms with E-state index in [1.54, 1.807) is 27.7 Å². The molecular formula is C27H50N3O4P. The monoisotopic (exact) mass is 511 g/mol. The molecule has 0 unspecified atom stereocenters. The second-order valence-corrected chi connectivity index (χ2v) is 11.8. The van der Waals surface area contributed by atoms with Crippen LogP contribution in [-0.4, -0.2) is 46.1 Å². The molecule has 1 rings (SSSR count). The zero-order valence-corrected chi connectivity index (χ0v) is 24.0. The van der Waals surface area contributed by atoms with Gasteiger partial charge in [0.05, 0.1) is 24.6 Å². The number of aromatic nitrogens is 2. The number of unbranched alkanes of at least 4 members (excludes halogenated alkanes) is 10. The summed E-state index contributed by atoms with van der Waals surface area (Å²) in [6.45, 7) is 13.0. The van der Waals surface area contributed by atoms with Crippen molar-refractivity contribution in [2.45, 2.75) is 131 Å². The molecule has 35 heavy (non-hydrogen) atoms. The minimum Gasteiger partial charge on any atom is -0.337 e. The van der Waals surface area contributed by atoms with Gasteiger partial charge in [-0.05, 0) is 40.5 Å². The molecule has 0 fully saturated rings. The summed E-state index contributed by atoms with van der Waals surface area (Å²) in [7, 11) is -3.70. The minimum absolute atomic E-state index is 0.0878. The number of rotatable bonds is 20. The quantitative estimate of drug-likeness (QED) is 0.135. The molecule has 0 atom stereocenters. The molecule has 1 amide bonds. The Morgan fingerprint density at radius 1 is 0.800 bits per heavy atom. The standard InChI is InChI=1S/C27H50N3O4P/c1-7-9-11-13-15-17-19-30(20-18-16-14-12-10-8-2)27(31)25-21-28-22-26(29-25)35(32,33-23(3)4)34-24(5)6/h21-24H,7-20H2,1-6H3. The average molecular weight is 512 g/mol. The van der Waals surface area contributed by atoms with E-state index in [9.17, 15) is 9.36 Å². The minimum atomic E-state index is -3.70. The van der Waals surface area contributed by atoms with Gasteiger partial charge in [0.15, 0.2) is 5.44 Å². The van der Waals surface area contributed by atoms with Gasteiger partial charge in [-0.15, -0.1) is 0 Å². The molecule has 0 saturated carbocycles. The van der Waals surface area contributed by atoms with E-state index >= 15 is 0 Å². The Labute approximate surface area is 214 Å². The van der Waals surface area contributed by atoms with Crippen molar-refractivity contribution in [3.8, 4) is 0 Å². The van der Waals surface area contributed by atoms with Crippen LogP contribution in [0.2, 0.25) is 0 Å². The van der Waals surface area contributed by atoms with Crippen LogP contribution in [0.4, 0.5) is 0 Å². The first kappa shape index (κ1) is 31.7. The molecular weight excluding hydrogens is 461 g/mol. The number of nitrogens with zero attached hydrogens (tertiary/aromatic N) is 3. The first-order valence-electron chi connectivity index (χ1n) is 13.8. The third-order valence-corrected chi connectivity index (χ3v) is 7.85. The van der Waals surface area contributed by atoms with Crippen molar-refractivity contribution in [3.05, 3.63) is 18.1 Å². The Bertz CT molecular complexity index is 728. The summed E-state index contributed by atoms with van der Waals surface area (Å²) in [4.78, 5) is 24.0. The lowest BCUT2D eigenvalue weighted by atomic mass is 10.1. The molecule has 1 aromatic rings. The Balaban J connectivity index is 2.95. The highest BCUT2D eigenvalue weighted by Gasteiger charge is 2.33. The fraction of sp³-hybridized carbons (Fsp3) is 0.815. The summed E-state index contributed by atoms with van der Waals surface area (Å²) in [5.41, 5.74) is 0.282. The predicted molar refractivity (Wildman–Crippen MR) is 144 cm³/mol. The summed E-state index contributed by atoms with van der Waals surface area (Å²) in [6, 6.07) is 0. The molecule has 0 aliphatic carbocycles. The van der Waals surface area contributed by atoms with Crippen molar-refractivity contribution in [3.63, 3.8) is 0 Å². The Morgan fingerprint density at radius 3 is 1.71 bits per heavy atom. The summed E-state index contributed by atoms with van der Waals surface area (Å²) < 4.78 is 24.8. The van der Waals surface area contributed by atoms with Gasteiger partial charge in [0.25, 0.3) is 5.91 Å². The van der Waals surface area contributed by atoms with Crippen LogP contribution in [0.5, 0.6) is 0 Å². The van der Waals surface area contributed by atoms with E-state index in [1.165, 1.54) is 63.8 Å². The van der Waals surface area contributed by atoms with Crippen LogP contribution in [0.25, 0.3) is 0 Å². The maximum Gasteiger partial charge on any atom is 0.381 e. The van der Waals surface area contributed by atoms with Gasteiger partial charge in [-0.3, -0.25) is 14.3 Å². The third-order valence-electron chi connectivity index (χ3n) is 5.67. The summed E-state index contributed by atoms with van der Waals surface area (Å²) in [5, 5.41) is 0. The Hall–Kier alpha value is -1.30. The van der Waals surface area contributed by atoms with Gasteiger partial charge in [-0.2, -0.15) is 0 Å². The van der Waals surface area contributed by atoms with E-state index in [2.05, 4.69) is 23.8 Å². The molecule has 0 radical (unpaired) electrons. The second-order valence-electron chi connectivity index (χ2n) is 9.90. The highest BCUT2D eigenvalue weighted by molar-refractivity contribution is 7.61. The number of amides is 1. The molecule has 0 aliphatic rings. The molecule has 0 bridgehead atoms. The molecule has 0 aromatic carbocycles. The van der Waals surface area contributed by atoms with Crippen LogP contribution in [-0.2, 0) is 13.6 Å². The molecule has 0 N–H and O–H groups in total. The van der Waals surface area contributed by atoms with Crippen LogP contribution >= 0.6 is 7.60 Å². The van der Waals surface area contributed by atoms with Crippen LogP contribution in [0.15, 0.2) is 12.4 Å². The Morgan fingerprint density at radius 2 is 1.26 bits per heavy atom. The smallest absolute Gasteiger partial charge is 0.337 e. The van der Waals surface area contributed by atoms with Crippen molar-refractivity contribution in [2.24, 2.45) is 0 Å². The van der Waals surface area contributed by atoms with Gasteiger partial charge >= 0.3 is 7.60 Å². The molecule has 1 aromatic heterocycles. The van der Waals surface area contributed by atoms with Crippen LogP contribution < -0.4 is 5.44 Å². The molecule has 202 valence electrons. The van der Waals surface area contributed by atoms with Gasteiger partial charge in [0, 0.05) is 13.1 Å². The number of hydrogen-bond acceptors (Lipinski definition) is 6.